The molecule has 0 fully saturated rings. The van der Waals surface area contributed by atoms with Gasteiger partial charge < -0.3 is 4.74 Å². The molecule has 2 aromatic rings. The third-order valence-corrected chi connectivity index (χ3v) is 4.39. The van der Waals surface area contributed by atoms with Crippen LogP contribution in [0.5, 0.6) is 0 Å². The van der Waals surface area contributed by atoms with Gasteiger partial charge in [0, 0.05) is 17.6 Å². The van der Waals surface area contributed by atoms with Crippen LogP contribution in [0.3, 0.4) is 0 Å². The van der Waals surface area contributed by atoms with Gasteiger partial charge in [-0.2, -0.15) is 0 Å². The van der Waals surface area contributed by atoms with E-state index in [1.54, 1.807) is 11.3 Å². The Bertz CT molecular complexity index is 553. The van der Waals surface area contributed by atoms with Gasteiger partial charge in [0.25, 0.3) is 0 Å². The zero-order chi connectivity index (χ0) is 14.4. The van der Waals surface area contributed by atoms with Gasteiger partial charge >= 0.3 is 0 Å². The van der Waals surface area contributed by atoms with Gasteiger partial charge in [-0.05, 0) is 30.5 Å². The van der Waals surface area contributed by atoms with E-state index < -0.39 is 0 Å². The summed E-state index contributed by atoms with van der Waals surface area (Å²) in [5.41, 5.74) is 4.60. The number of unbranched alkanes of at least 4 members (excludes halogenated alkanes) is 1. The second-order valence-electron chi connectivity index (χ2n) is 4.83. The smallest absolute Gasteiger partial charge is 0.123 e. The standard InChI is InChI=1S/C16H20ClNOS/c1-3-4-7-19-10-14-6-5-13(8-12(14)2)16-18-15(9-17)11-20-16/h5-6,8,11H,3-4,7,9-10H2,1-2H3. The van der Waals surface area contributed by atoms with Crippen molar-refractivity contribution in [3.8, 4) is 10.6 Å². The normalized spacial score (nSPS) is 10.9. The number of aromatic nitrogens is 1. The Morgan fingerprint density at radius 1 is 1.35 bits per heavy atom. The molecule has 1 aromatic heterocycles. The number of benzene rings is 1. The Hall–Kier alpha value is -0.900. The highest BCUT2D eigenvalue weighted by Crippen LogP contribution is 2.26. The third kappa shape index (κ3) is 4.05. The van der Waals surface area contributed by atoms with Crippen molar-refractivity contribution in [3.05, 3.63) is 40.4 Å². The van der Waals surface area contributed by atoms with Crippen molar-refractivity contribution in [1.29, 1.82) is 0 Å². The number of thiazole rings is 1. The molecule has 0 amide bonds. The number of nitrogens with zero attached hydrogens (tertiary/aromatic N) is 1. The number of alkyl halides is 1. The van der Waals surface area contributed by atoms with E-state index in [-0.39, 0.29) is 0 Å². The molecule has 2 nitrogen and oxygen atoms in total. The largest absolute Gasteiger partial charge is 0.377 e. The molecule has 1 heterocycles. The Morgan fingerprint density at radius 2 is 2.20 bits per heavy atom. The summed E-state index contributed by atoms with van der Waals surface area (Å²) in [6.45, 7) is 5.82. The van der Waals surface area contributed by atoms with E-state index in [1.807, 2.05) is 5.38 Å². The predicted molar refractivity (Wildman–Crippen MR) is 86.4 cm³/mol. The highest BCUT2D eigenvalue weighted by Gasteiger charge is 2.06. The van der Waals surface area contributed by atoms with Crippen LogP contribution in [-0.4, -0.2) is 11.6 Å². The van der Waals surface area contributed by atoms with Crippen LogP contribution in [0.2, 0.25) is 0 Å². The molecule has 0 atom stereocenters. The maximum absolute atomic E-state index is 5.79. The molecule has 0 aliphatic heterocycles. The van der Waals surface area contributed by atoms with E-state index in [0.717, 1.165) is 29.3 Å². The lowest BCUT2D eigenvalue weighted by molar-refractivity contribution is 0.117. The summed E-state index contributed by atoms with van der Waals surface area (Å²) in [6.07, 6.45) is 2.29. The first-order chi connectivity index (χ1) is 9.74. The molecule has 0 N–H and O–H groups in total. The van der Waals surface area contributed by atoms with Crippen LogP contribution < -0.4 is 0 Å². The van der Waals surface area contributed by atoms with Crippen molar-refractivity contribution in [3.63, 3.8) is 0 Å². The van der Waals surface area contributed by atoms with E-state index in [1.165, 1.54) is 17.5 Å². The molecule has 0 unspecified atom stereocenters. The molecule has 0 spiro atoms. The fraction of sp³-hybridized carbons (Fsp3) is 0.438. The lowest BCUT2D eigenvalue weighted by Gasteiger charge is -2.08. The van der Waals surface area contributed by atoms with Crippen LogP contribution in [0.1, 0.15) is 36.6 Å². The van der Waals surface area contributed by atoms with Gasteiger partial charge in [-0.1, -0.05) is 25.5 Å². The molecule has 1 aromatic carbocycles. The maximum atomic E-state index is 5.79. The number of aryl methyl sites for hydroxylation is 1. The van der Waals surface area contributed by atoms with Gasteiger partial charge in [-0.3, -0.25) is 0 Å². The van der Waals surface area contributed by atoms with Crippen LogP contribution in [0, 0.1) is 6.92 Å². The Labute approximate surface area is 129 Å². The molecule has 0 bridgehead atoms. The second-order valence-corrected chi connectivity index (χ2v) is 5.95. The van der Waals surface area contributed by atoms with Crippen molar-refractivity contribution < 1.29 is 4.74 Å². The fourth-order valence-corrected chi connectivity index (χ4v) is 2.97. The van der Waals surface area contributed by atoms with Crippen LogP contribution in [0.15, 0.2) is 23.6 Å². The first-order valence-electron chi connectivity index (χ1n) is 6.92. The quantitative estimate of drug-likeness (QED) is 0.519. The van der Waals surface area contributed by atoms with Crippen molar-refractivity contribution >= 4 is 22.9 Å². The van der Waals surface area contributed by atoms with Crippen molar-refractivity contribution in [2.24, 2.45) is 0 Å². The van der Waals surface area contributed by atoms with Crippen LogP contribution in [-0.2, 0) is 17.2 Å². The molecule has 108 valence electrons. The van der Waals surface area contributed by atoms with Gasteiger partial charge in [-0.15, -0.1) is 22.9 Å². The molecule has 20 heavy (non-hydrogen) atoms. The molecule has 4 heteroatoms. The Morgan fingerprint density at radius 3 is 2.85 bits per heavy atom. The summed E-state index contributed by atoms with van der Waals surface area (Å²) >= 11 is 7.43. The van der Waals surface area contributed by atoms with E-state index in [2.05, 4.69) is 37.0 Å². The summed E-state index contributed by atoms with van der Waals surface area (Å²) in [5, 5.41) is 3.04. The number of ether oxygens (including phenoxy) is 1. The highest BCUT2D eigenvalue weighted by atomic mass is 35.5. The average molecular weight is 310 g/mol. The topological polar surface area (TPSA) is 22.1 Å². The molecular weight excluding hydrogens is 290 g/mol. The summed E-state index contributed by atoms with van der Waals surface area (Å²) in [7, 11) is 0. The summed E-state index contributed by atoms with van der Waals surface area (Å²) in [4.78, 5) is 4.51. The molecule has 0 aliphatic carbocycles. The maximum Gasteiger partial charge on any atom is 0.123 e. The van der Waals surface area contributed by atoms with Gasteiger partial charge in [-0.25, -0.2) is 4.98 Å². The van der Waals surface area contributed by atoms with Crippen molar-refractivity contribution in [2.75, 3.05) is 6.61 Å². The van der Waals surface area contributed by atoms with Gasteiger partial charge in [0.1, 0.15) is 5.01 Å². The van der Waals surface area contributed by atoms with E-state index in [9.17, 15) is 0 Å². The number of hydrogen-bond acceptors (Lipinski definition) is 3. The minimum atomic E-state index is 0.471. The summed E-state index contributed by atoms with van der Waals surface area (Å²) < 4.78 is 5.68. The molecule has 0 saturated heterocycles. The van der Waals surface area contributed by atoms with Crippen LogP contribution in [0.4, 0.5) is 0 Å². The number of rotatable bonds is 7. The summed E-state index contributed by atoms with van der Waals surface area (Å²) in [5.74, 6) is 0.471. The van der Waals surface area contributed by atoms with E-state index in [4.69, 9.17) is 16.3 Å². The van der Waals surface area contributed by atoms with Gasteiger partial charge in [0.15, 0.2) is 0 Å². The molecule has 2 rings (SSSR count). The van der Waals surface area contributed by atoms with Gasteiger partial charge in [0.05, 0.1) is 18.2 Å². The second kappa shape index (κ2) is 7.77. The molecule has 0 radical (unpaired) electrons. The van der Waals surface area contributed by atoms with Gasteiger partial charge in [0.2, 0.25) is 0 Å². The van der Waals surface area contributed by atoms with Crippen molar-refractivity contribution in [1.82, 2.24) is 4.98 Å². The Kier molecular flexibility index (Phi) is 6.02. The minimum Gasteiger partial charge on any atom is -0.377 e. The monoisotopic (exact) mass is 309 g/mol. The SMILES string of the molecule is CCCCOCc1ccc(-c2nc(CCl)cs2)cc1C. The van der Waals surface area contributed by atoms with E-state index >= 15 is 0 Å². The van der Waals surface area contributed by atoms with Crippen molar-refractivity contribution in [2.45, 2.75) is 39.2 Å². The number of halogens is 1. The Balaban J connectivity index is 2.05. The minimum absolute atomic E-state index is 0.471. The highest BCUT2D eigenvalue weighted by molar-refractivity contribution is 7.13. The lowest BCUT2D eigenvalue weighted by Crippen LogP contribution is -1.97. The number of hydrogen-bond donors (Lipinski definition) is 0. The zero-order valence-corrected chi connectivity index (χ0v) is 13.6. The summed E-state index contributed by atoms with van der Waals surface area (Å²) in [6, 6.07) is 6.43. The zero-order valence-electron chi connectivity index (χ0n) is 12.0. The molecule has 0 saturated carbocycles. The molecular formula is C16H20ClNOS. The average Bonchev–Trinajstić information content (AvgIpc) is 2.94. The van der Waals surface area contributed by atoms with Crippen LogP contribution in [0.25, 0.3) is 10.6 Å². The predicted octanol–water partition coefficient (Wildman–Crippen LogP) is 5.17. The van der Waals surface area contributed by atoms with Crippen LogP contribution >= 0.6 is 22.9 Å². The fourth-order valence-electron chi connectivity index (χ4n) is 1.92. The lowest BCUT2D eigenvalue weighted by atomic mass is 10.1. The first-order valence-corrected chi connectivity index (χ1v) is 8.34. The molecule has 0 aliphatic rings. The first kappa shape index (κ1) is 15.5. The van der Waals surface area contributed by atoms with E-state index in [0.29, 0.717) is 12.5 Å². The third-order valence-electron chi connectivity index (χ3n) is 3.18.